The lowest BCUT2D eigenvalue weighted by atomic mass is 10.1. The first-order chi connectivity index (χ1) is 8.16. The number of hydrogen-bond acceptors (Lipinski definition) is 4. The maximum Gasteiger partial charge on any atom is 0.273 e. The van der Waals surface area contributed by atoms with Crippen molar-refractivity contribution in [3.8, 4) is 0 Å². The Labute approximate surface area is 99.8 Å². The maximum absolute atomic E-state index is 10.9. The molecule has 1 N–H and O–H groups in total. The van der Waals surface area contributed by atoms with Gasteiger partial charge in [0.15, 0.2) is 0 Å². The molecule has 2 rings (SSSR count). The first-order valence-corrected chi connectivity index (χ1v) is 5.79. The molecule has 0 radical (unpaired) electrons. The smallest absolute Gasteiger partial charge is 0.273 e. The zero-order valence-corrected chi connectivity index (χ0v) is 9.58. The number of rotatable bonds is 3. The normalized spacial score (nSPS) is 21.4. The summed E-state index contributed by atoms with van der Waals surface area (Å²) in [7, 11) is 0. The van der Waals surface area contributed by atoms with E-state index in [-0.39, 0.29) is 16.7 Å². The predicted molar refractivity (Wildman–Crippen MR) is 63.6 cm³/mol. The van der Waals surface area contributed by atoms with Gasteiger partial charge in [0.1, 0.15) is 0 Å². The molecule has 1 aromatic carbocycles. The van der Waals surface area contributed by atoms with Gasteiger partial charge >= 0.3 is 0 Å². The minimum atomic E-state index is -0.351. The molecule has 0 aromatic heterocycles. The number of hydrogen-bond donors (Lipinski definition) is 1. The van der Waals surface area contributed by atoms with Crippen molar-refractivity contribution in [2.24, 2.45) is 0 Å². The number of β-amino-alcohol motifs (C(OH)–C–C–N with tert-alkyl or cyclic N) is 1. The van der Waals surface area contributed by atoms with E-state index in [2.05, 4.69) is 4.90 Å². The van der Waals surface area contributed by atoms with E-state index < -0.39 is 0 Å². The summed E-state index contributed by atoms with van der Waals surface area (Å²) in [5.74, 6) is 0. The van der Waals surface area contributed by atoms with Crippen molar-refractivity contribution in [1.82, 2.24) is 4.90 Å². The standard InChI is InChI=1S/C12H16N2O3/c15-11-5-3-7-13(9-11)8-10-4-1-2-6-12(10)14(16)17/h1-2,4,6,11,15H,3,5,7-9H2. The maximum atomic E-state index is 10.9. The summed E-state index contributed by atoms with van der Waals surface area (Å²) in [6, 6.07) is 6.78. The van der Waals surface area contributed by atoms with E-state index in [4.69, 9.17) is 0 Å². The van der Waals surface area contributed by atoms with Gasteiger partial charge in [-0.15, -0.1) is 0 Å². The van der Waals surface area contributed by atoms with Crippen LogP contribution in [0.2, 0.25) is 0 Å². The third-order valence-electron chi connectivity index (χ3n) is 3.06. The van der Waals surface area contributed by atoms with Crippen molar-refractivity contribution in [2.45, 2.75) is 25.5 Å². The molecule has 1 atom stereocenters. The molecule has 1 saturated heterocycles. The minimum absolute atomic E-state index is 0.160. The number of para-hydroxylation sites is 1. The second kappa shape index (κ2) is 5.25. The summed E-state index contributed by atoms with van der Waals surface area (Å²) in [5.41, 5.74) is 0.874. The van der Waals surface area contributed by atoms with Gasteiger partial charge in [-0.2, -0.15) is 0 Å². The molecule has 1 aromatic rings. The monoisotopic (exact) mass is 236 g/mol. The zero-order chi connectivity index (χ0) is 12.3. The van der Waals surface area contributed by atoms with Crippen LogP contribution in [0.1, 0.15) is 18.4 Å². The Morgan fingerprint density at radius 3 is 2.94 bits per heavy atom. The summed E-state index contributed by atoms with van der Waals surface area (Å²) in [6.45, 7) is 2.03. The highest BCUT2D eigenvalue weighted by atomic mass is 16.6. The molecular weight excluding hydrogens is 220 g/mol. The van der Waals surface area contributed by atoms with Gasteiger partial charge in [-0.05, 0) is 19.4 Å². The summed E-state index contributed by atoms with van der Waals surface area (Å²) >= 11 is 0. The molecule has 1 aliphatic rings. The highest BCUT2D eigenvalue weighted by Crippen LogP contribution is 2.21. The van der Waals surface area contributed by atoms with Gasteiger partial charge in [-0.25, -0.2) is 0 Å². The predicted octanol–water partition coefficient (Wildman–Crippen LogP) is 1.55. The SMILES string of the molecule is O=[N+]([O-])c1ccccc1CN1CCCC(O)C1. The van der Waals surface area contributed by atoms with Crippen LogP contribution >= 0.6 is 0 Å². The lowest BCUT2D eigenvalue weighted by Crippen LogP contribution is -2.37. The quantitative estimate of drug-likeness (QED) is 0.638. The molecule has 0 bridgehead atoms. The number of nitro benzene ring substituents is 1. The summed E-state index contributed by atoms with van der Waals surface area (Å²) in [5, 5.41) is 20.4. The fraction of sp³-hybridized carbons (Fsp3) is 0.500. The zero-order valence-electron chi connectivity index (χ0n) is 9.58. The van der Waals surface area contributed by atoms with Gasteiger partial charge in [-0.3, -0.25) is 15.0 Å². The second-order valence-electron chi connectivity index (χ2n) is 4.42. The van der Waals surface area contributed by atoms with Crippen molar-refractivity contribution in [1.29, 1.82) is 0 Å². The third kappa shape index (κ3) is 3.01. The Morgan fingerprint density at radius 1 is 1.47 bits per heavy atom. The number of aliphatic hydroxyl groups excluding tert-OH is 1. The largest absolute Gasteiger partial charge is 0.392 e. The van der Waals surface area contributed by atoms with Crippen molar-refractivity contribution in [3.05, 3.63) is 39.9 Å². The van der Waals surface area contributed by atoms with Gasteiger partial charge < -0.3 is 5.11 Å². The third-order valence-corrected chi connectivity index (χ3v) is 3.06. The Balaban J connectivity index is 2.10. The number of likely N-dealkylation sites (tertiary alicyclic amines) is 1. The molecule has 0 aliphatic carbocycles. The Hall–Kier alpha value is -1.46. The minimum Gasteiger partial charge on any atom is -0.392 e. The molecule has 1 aliphatic heterocycles. The number of nitro groups is 1. The molecule has 1 unspecified atom stereocenters. The van der Waals surface area contributed by atoms with Crippen LogP contribution in [0, 0.1) is 10.1 Å². The van der Waals surface area contributed by atoms with Crippen LogP contribution in [0.5, 0.6) is 0 Å². The van der Waals surface area contributed by atoms with E-state index >= 15 is 0 Å². The van der Waals surface area contributed by atoms with Crippen molar-refractivity contribution >= 4 is 5.69 Å². The van der Waals surface area contributed by atoms with E-state index in [1.54, 1.807) is 12.1 Å². The topological polar surface area (TPSA) is 66.6 Å². The van der Waals surface area contributed by atoms with Crippen LogP contribution < -0.4 is 0 Å². The molecule has 0 amide bonds. The van der Waals surface area contributed by atoms with Crippen molar-refractivity contribution in [3.63, 3.8) is 0 Å². The number of nitrogens with zero attached hydrogens (tertiary/aromatic N) is 2. The van der Waals surface area contributed by atoms with Crippen LogP contribution in [-0.2, 0) is 6.54 Å². The average Bonchev–Trinajstić information content (AvgIpc) is 2.29. The molecule has 5 nitrogen and oxygen atoms in total. The number of aliphatic hydroxyl groups is 1. The first kappa shape index (κ1) is 12.0. The number of piperidine rings is 1. The molecule has 92 valence electrons. The Kier molecular flexibility index (Phi) is 3.71. The highest BCUT2D eigenvalue weighted by molar-refractivity contribution is 5.39. The van der Waals surface area contributed by atoms with Gasteiger partial charge in [0.05, 0.1) is 11.0 Å². The van der Waals surface area contributed by atoms with E-state index in [0.29, 0.717) is 18.7 Å². The number of benzene rings is 1. The average molecular weight is 236 g/mol. The Morgan fingerprint density at radius 2 is 2.24 bits per heavy atom. The summed E-state index contributed by atoms with van der Waals surface area (Å²) in [4.78, 5) is 12.6. The van der Waals surface area contributed by atoms with Crippen LogP contribution in [0.4, 0.5) is 5.69 Å². The fourth-order valence-corrected chi connectivity index (χ4v) is 2.24. The van der Waals surface area contributed by atoms with Gasteiger partial charge in [0.25, 0.3) is 5.69 Å². The lowest BCUT2D eigenvalue weighted by Gasteiger charge is -2.29. The van der Waals surface area contributed by atoms with Crippen LogP contribution in [-0.4, -0.2) is 34.1 Å². The Bertz CT molecular complexity index is 408. The first-order valence-electron chi connectivity index (χ1n) is 5.79. The summed E-state index contributed by atoms with van der Waals surface area (Å²) < 4.78 is 0. The van der Waals surface area contributed by atoms with Crippen LogP contribution in [0.15, 0.2) is 24.3 Å². The molecule has 1 heterocycles. The fourth-order valence-electron chi connectivity index (χ4n) is 2.24. The molecular formula is C12H16N2O3. The van der Waals surface area contributed by atoms with E-state index in [1.807, 2.05) is 6.07 Å². The van der Waals surface area contributed by atoms with Gasteiger partial charge in [0, 0.05) is 24.7 Å². The van der Waals surface area contributed by atoms with Gasteiger partial charge in [0.2, 0.25) is 0 Å². The van der Waals surface area contributed by atoms with Gasteiger partial charge in [-0.1, -0.05) is 18.2 Å². The molecule has 5 heteroatoms. The van der Waals surface area contributed by atoms with Crippen LogP contribution in [0.3, 0.4) is 0 Å². The van der Waals surface area contributed by atoms with Crippen LogP contribution in [0.25, 0.3) is 0 Å². The molecule has 0 spiro atoms. The molecule has 0 saturated carbocycles. The molecule has 17 heavy (non-hydrogen) atoms. The molecule has 1 fully saturated rings. The summed E-state index contributed by atoms with van der Waals surface area (Å²) in [6.07, 6.45) is 1.47. The van der Waals surface area contributed by atoms with E-state index in [0.717, 1.165) is 19.4 Å². The van der Waals surface area contributed by atoms with E-state index in [1.165, 1.54) is 6.07 Å². The van der Waals surface area contributed by atoms with Crippen molar-refractivity contribution < 1.29 is 10.0 Å². The second-order valence-corrected chi connectivity index (χ2v) is 4.42. The highest BCUT2D eigenvalue weighted by Gasteiger charge is 2.20. The van der Waals surface area contributed by atoms with Crippen molar-refractivity contribution in [2.75, 3.05) is 13.1 Å². The van der Waals surface area contributed by atoms with E-state index in [9.17, 15) is 15.2 Å². The lowest BCUT2D eigenvalue weighted by molar-refractivity contribution is -0.385.